The number of nitrogens with zero attached hydrogens (tertiary/aromatic N) is 2. The van der Waals surface area contributed by atoms with Crippen LogP contribution in [0.4, 0.5) is 0 Å². The van der Waals surface area contributed by atoms with Crippen LogP contribution in [0.1, 0.15) is 23.0 Å². The van der Waals surface area contributed by atoms with Crippen molar-refractivity contribution in [3.05, 3.63) is 41.6 Å². The second-order valence-corrected chi connectivity index (χ2v) is 6.36. The molecule has 1 atom stereocenters. The molecular formula is C15H17BrN2O. The number of hydrogen-bond donors (Lipinski definition) is 0. The number of halogens is 1. The molecule has 0 bridgehead atoms. The molecule has 2 rings (SSSR count). The first-order chi connectivity index (χ1) is 8.99. The summed E-state index contributed by atoms with van der Waals surface area (Å²) in [6.45, 7) is 4.62. The summed E-state index contributed by atoms with van der Waals surface area (Å²) in [5.41, 5.74) is 2.45. The quantitative estimate of drug-likeness (QED) is 0.812. The zero-order valence-electron chi connectivity index (χ0n) is 11.4. The molecule has 1 unspecified atom stereocenters. The number of amides is 1. The molecule has 0 aliphatic rings. The van der Waals surface area contributed by atoms with Gasteiger partial charge in [-0.2, -0.15) is 0 Å². The number of carbonyl (C=O) groups excluding carboxylic acids is 1. The average Bonchev–Trinajstić information content (AvgIpc) is 2.36. The Morgan fingerprint density at radius 2 is 2.11 bits per heavy atom. The number of alkyl halides is 1. The number of aryl methyl sites for hydroxylation is 1. The average molecular weight is 321 g/mol. The standard InChI is InChI=1S/C15H17BrN2O/c1-10(16)9-18(3)15(19)13-8-11(2)17-14-7-5-4-6-12(13)14/h4-8,10H,9H2,1-3H3. The zero-order valence-corrected chi connectivity index (χ0v) is 12.9. The van der Waals surface area contributed by atoms with E-state index in [0.717, 1.165) is 22.2 Å². The van der Waals surface area contributed by atoms with Crippen LogP contribution in [0, 0.1) is 6.92 Å². The smallest absolute Gasteiger partial charge is 0.254 e. The first kappa shape index (κ1) is 14.0. The highest BCUT2D eigenvalue weighted by Gasteiger charge is 2.16. The van der Waals surface area contributed by atoms with Crippen molar-refractivity contribution in [1.82, 2.24) is 9.88 Å². The lowest BCUT2D eigenvalue weighted by Crippen LogP contribution is -2.31. The summed E-state index contributed by atoms with van der Waals surface area (Å²) in [7, 11) is 1.82. The van der Waals surface area contributed by atoms with Gasteiger partial charge in [-0.15, -0.1) is 0 Å². The normalized spacial score (nSPS) is 12.4. The van der Waals surface area contributed by atoms with Crippen LogP contribution in [-0.2, 0) is 0 Å². The summed E-state index contributed by atoms with van der Waals surface area (Å²) < 4.78 is 0. The number of para-hydroxylation sites is 1. The predicted octanol–water partition coefficient (Wildman–Crippen LogP) is 3.40. The van der Waals surface area contributed by atoms with E-state index in [2.05, 4.69) is 20.9 Å². The van der Waals surface area contributed by atoms with Gasteiger partial charge in [0.2, 0.25) is 0 Å². The first-order valence-corrected chi connectivity index (χ1v) is 7.16. The first-order valence-electron chi connectivity index (χ1n) is 6.25. The van der Waals surface area contributed by atoms with Crippen molar-refractivity contribution < 1.29 is 4.79 Å². The molecule has 4 heteroatoms. The fourth-order valence-corrected chi connectivity index (χ4v) is 2.58. The summed E-state index contributed by atoms with van der Waals surface area (Å²) in [4.78, 5) is 19.0. The third kappa shape index (κ3) is 3.13. The topological polar surface area (TPSA) is 33.2 Å². The van der Waals surface area contributed by atoms with E-state index in [1.807, 2.05) is 51.2 Å². The number of pyridine rings is 1. The van der Waals surface area contributed by atoms with Crippen molar-refractivity contribution in [2.24, 2.45) is 0 Å². The maximum atomic E-state index is 12.5. The van der Waals surface area contributed by atoms with Crippen molar-refractivity contribution in [2.45, 2.75) is 18.7 Å². The van der Waals surface area contributed by atoms with E-state index in [1.54, 1.807) is 4.90 Å². The highest BCUT2D eigenvalue weighted by molar-refractivity contribution is 9.09. The van der Waals surface area contributed by atoms with E-state index in [0.29, 0.717) is 6.54 Å². The van der Waals surface area contributed by atoms with Gasteiger partial charge in [-0.25, -0.2) is 0 Å². The van der Waals surface area contributed by atoms with Gasteiger partial charge in [0, 0.05) is 29.5 Å². The fourth-order valence-electron chi connectivity index (χ4n) is 2.15. The fraction of sp³-hybridized carbons (Fsp3) is 0.333. The highest BCUT2D eigenvalue weighted by atomic mass is 79.9. The van der Waals surface area contributed by atoms with Crippen molar-refractivity contribution in [3.8, 4) is 0 Å². The van der Waals surface area contributed by atoms with Crippen molar-refractivity contribution in [3.63, 3.8) is 0 Å². The van der Waals surface area contributed by atoms with Crippen molar-refractivity contribution in [1.29, 1.82) is 0 Å². The van der Waals surface area contributed by atoms with Gasteiger partial charge in [0.05, 0.1) is 11.1 Å². The molecule has 1 heterocycles. The summed E-state index contributed by atoms with van der Waals surface area (Å²) in [6, 6.07) is 9.61. The molecule has 3 nitrogen and oxygen atoms in total. The van der Waals surface area contributed by atoms with Gasteiger partial charge < -0.3 is 4.90 Å². The third-order valence-corrected chi connectivity index (χ3v) is 3.24. The summed E-state index contributed by atoms with van der Waals surface area (Å²) in [5.74, 6) is 0.0352. The minimum absolute atomic E-state index is 0.0352. The highest BCUT2D eigenvalue weighted by Crippen LogP contribution is 2.19. The molecule has 100 valence electrons. The molecule has 0 aliphatic heterocycles. The molecule has 0 N–H and O–H groups in total. The molecule has 1 aromatic carbocycles. The molecule has 0 fully saturated rings. The molecule has 0 aliphatic carbocycles. The Morgan fingerprint density at radius 3 is 2.79 bits per heavy atom. The summed E-state index contributed by atoms with van der Waals surface area (Å²) in [6.07, 6.45) is 0. The van der Waals surface area contributed by atoms with Gasteiger partial charge in [0.1, 0.15) is 0 Å². The third-order valence-electron chi connectivity index (χ3n) is 2.95. The molecule has 2 aromatic rings. The number of fused-ring (bicyclic) bond motifs is 1. The number of hydrogen-bond acceptors (Lipinski definition) is 2. The van der Waals surface area contributed by atoms with E-state index in [9.17, 15) is 4.79 Å². The Hall–Kier alpha value is -1.42. The largest absolute Gasteiger partial charge is 0.341 e. The maximum absolute atomic E-state index is 12.5. The van der Waals surface area contributed by atoms with Crippen LogP contribution < -0.4 is 0 Å². The van der Waals surface area contributed by atoms with E-state index < -0.39 is 0 Å². The van der Waals surface area contributed by atoms with Crippen LogP contribution in [0.5, 0.6) is 0 Å². The molecular weight excluding hydrogens is 304 g/mol. The second-order valence-electron chi connectivity index (χ2n) is 4.79. The molecule has 0 spiro atoms. The molecule has 0 saturated heterocycles. The molecule has 1 amide bonds. The van der Waals surface area contributed by atoms with Crippen LogP contribution in [0.15, 0.2) is 30.3 Å². The van der Waals surface area contributed by atoms with E-state index in [-0.39, 0.29) is 10.7 Å². The van der Waals surface area contributed by atoms with E-state index in [1.165, 1.54) is 0 Å². The Bertz CT molecular complexity index is 610. The minimum Gasteiger partial charge on any atom is -0.341 e. The van der Waals surface area contributed by atoms with Crippen molar-refractivity contribution >= 4 is 32.7 Å². The van der Waals surface area contributed by atoms with Gasteiger partial charge in [-0.1, -0.05) is 41.1 Å². The molecule has 0 radical (unpaired) electrons. The Morgan fingerprint density at radius 1 is 1.42 bits per heavy atom. The monoisotopic (exact) mass is 320 g/mol. The SMILES string of the molecule is Cc1cc(C(=O)N(C)CC(C)Br)c2ccccc2n1. The lowest BCUT2D eigenvalue weighted by molar-refractivity contribution is 0.0799. The molecule has 19 heavy (non-hydrogen) atoms. The van der Waals surface area contributed by atoms with Crippen LogP contribution in [0.2, 0.25) is 0 Å². The van der Waals surface area contributed by atoms with Gasteiger partial charge in [-0.3, -0.25) is 9.78 Å². The number of rotatable bonds is 3. The van der Waals surface area contributed by atoms with Gasteiger partial charge in [0.25, 0.3) is 5.91 Å². The minimum atomic E-state index is 0.0352. The lowest BCUT2D eigenvalue weighted by atomic mass is 10.1. The Kier molecular flexibility index (Phi) is 4.20. The van der Waals surface area contributed by atoms with Crippen LogP contribution >= 0.6 is 15.9 Å². The summed E-state index contributed by atoms with van der Waals surface area (Å²) >= 11 is 3.47. The maximum Gasteiger partial charge on any atom is 0.254 e. The van der Waals surface area contributed by atoms with Crippen LogP contribution in [0.25, 0.3) is 10.9 Å². The molecule has 1 aromatic heterocycles. The number of aromatic nitrogens is 1. The summed E-state index contributed by atoms with van der Waals surface area (Å²) in [5, 5.41) is 0.909. The van der Waals surface area contributed by atoms with Crippen LogP contribution in [-0.4, -0.2) is 34.2 Å². The van der Waals surface area contributed by atoms with Gasteiger partial charge >= 0.3 is 0 Å². The Labute approximate surface area is 121 Å². The van der Waals surface area contributed by atoms with E-state index in [4.69, 9.17) is 0 Å². The van der Waals surface area contributed by atoms with Gasteiger partial charge in [0.15, 0.2) is 0 Å². The Balaban J connectivity index is 2.47. The van der Waals surface area contributed by atoms with E-state index >= 15 is 0 Å². The lowest BCUT2D eigenvalue weighted by Gasteiger charge is -2.19. The molecule has 0 saturated carbocycles. The van der Waals surface area contributed by atoms with Gasteiger partial charge in [-0.05, 0) is 19.1 Å². The zero-order chi connectivity index (χ0) is 14.0. The van der Waals surface area contributed by atoms with Crippen molar-refractivity contribution in [2.75, 3.05) is 13.6 Å². The number of benzene rings is 1. The van der Waals surface area contributed by atoms with Crippen LogP contribution in [0.3, 0.4) is 0 Å². The predicted molar refractivity (Wildman–Crippen MR) is 81.8 cm³/mol. The number of carbonyl (C=O) groups is 1. The second kappa shape index (κ2) is 5.70.